The van der Waals surface area contributed by atoms with Crippen molar-refractivity contribution in [2.75, 3.05) is 5.43 Å². The number of carbonyl (C=O) groups excluding carboxylic acids is 1. The van der Waals surface area contributed by atoms with Crippen LogP contribution in [0.5, 0.6) is 5.75 Å². The summed E-state index contributed by atoms with van der Waals surface area (Å²) in [4.78, 5) is 16.7. The Bertz CT molecular complexity index is 1270. The summed E-state index contributed by atoms with van der Waals surface area (Å²) in [7, 11) is 0. The van der Waals surface area contributed by atoms with Crippen LogP contribution in [0, 0.1) is 0 Å². The van der Waals surface area contributed by atoms with Crippen molar-refractivity contribution in [2.24, 2.45) is 5.10 Å². The van der Waals surface area contributed by atoms with Crippen molar-refractivity contribution in [3.8, 4) is 17.0 Å². The van der Waals surface area contributed by atoms with E-state index in [2.05, 4.69) is 15.5 Å². The molecule has 0 fully saturated rings. The molecule has 1 heterocycles. The molecule has 160 valence electrons. The Morgan fingerprint density at radius 1 is 1.00 bits per heavy atom. The van der Waals surface area contributed by atoms with Crippen LogP contribution in [0.25, 0.3) is 11.3 Å². The molecule has 3 aromatic carbocycles. The van der Waals surface area contributed by atoms with E-state index in [1.54, 1.807) is 48.5 Å². The molecule has 1 aromatic heterocycles. The Morgan fingerprint density at radius 2 is 1.75 bits per heavy atom. The Morgan fingerprint density at radius 3 is 2.47 bits per heavy atom. The van der Waals surface area contributed by atoms with Crippen LogP contribution < -0.4 is 10.2 Å². The number of rotatable bonds is 6. The van der Waals surface area contributed by atoms with Gasteiger partial charge in [-0.25, -0.2) is 9.78 Å². The van der Waals surface area contributed by atoms with E-state index in [1.807, 2.05) is 36.6 Å². The Kier molecular flexibility index (Phi) is 6.85. The van der Waals surface area contributed by atoms with Gasteiger partial charge in [-0.1, -0.05) is 41.4 Å². The summed E-state index contributed by atoms with van der Waals surface area (Å²) in [5.41, 5.74) is 6.67. The van der Waals surface area contributed by atoms with E-state index in [9.17, 15) is 4.79 Å². The number of thiazole rings is 1. The molecule has 0 aliphatic rings. The van der Waals surface area contributed by atoms with Gasteiger partial charge in [0.05, 0.1) is 22.0 Å². The number of carbonyl (C=O) groups is 1. The minimum absolute atomic E-state index is 0.397. The van der Waals surface area contributed by atoms with Crippen molar-refractivity contribution >= 4 is 51.4 Å². The molecule has 0 saturated heterocycles. The number of nitrogens with one attached hydrogen (secondary N) is 1. The zero-order chi connectivity index (χ0) is 22.5. The lowest BCUT2D eigenvalue weighted by atomic mass is 10.1. The highest BCUT2D eigenvalue weighted by molar-refractivity contribution is 7.14. The van der Waals surface area contributed by atoms with E-state index in [-0.39, 0.29) is 0 Å². The van der Waals surface area contributed by atoms with Gasteiger partial charge in [0.25, 0.3) is 0 Å². The van der Waals surface area contributed by atoms with Crippen LogP contribution in [0.3, 0.4) is 0 Å². The standard InChI is InChI=1S/C24H17Cl2N3O2S/c1-15(16-7-10-19(11-8-16)31-23(30)17-5-3-2-4-6-17)28-29-24-27-22(14-32-24)20-12-9-18(25)13-21(20)26/h2-14H,1H3,(H,27,29)/b28-15-. The van der Waals surface area contributed by atoms with Gasteiger partial charge in [0.2, 0.25) is 5.13 Å². The Balaban J connectivity index is 1.40. The second-order valence-electron chi connectivity index (χ2n) is 6.75. The third-order valence-corrected chi connectivity index (χ3v) is 5.82. The van der Waals surface area contributed by atoms with Crippen molar-refractivity contribution in [3.63, 3.8) is 0 Å². The molecule has 32 heavy (non-hydrogen) atoms. The van der Waals surface area contributed by atoms with E-state index in [1.165, 1.54) is 11.3 Å². The summed E-state index contributed by atoms with van der Waals surface area (Å²) in [6, 6.07) is 21.3. The SMILES string of the molecule is C/C(=N/Nc1nc(-c2ccc(Cl)cc2Cl)cs1)c1ccc(OC(=O)c2ccccc2)cc1. The molecule has 0 unspecified atom stereocenters. The van der Waals surface area contributed by atoms with Crippen molar-refractivity contribution in [1.29, 1.82) is 0 Å². The molecular weight excluding hydrogens is 465 g/mol. The highest BCUT2D eigenvalue weighted by Gasteiger charge is 2.10. The number of benzene rings is 3. The minimum Gasteiger partial charge on any atom is -0.423 e. The molecule has 4 aromatic rings. The van der Waals surface area contributed by atoms with E-state index >= 15 is 0 Å². The quantitative estimate of drug-likeness (QED) is 0.137. The van der Waals surface area contributed by atoms with Gasteiger partial charge < -0.3 is 4.74 Å². The fourth-order valence-electron chi connectivity index (χ4n) is 2.85. The lowest BCUT2D eigenvalue weighted by Crippen LogP contribution is -2.08. The molecule has 0 amide bonds. The van der Waals surface area contributed by atoms with Crippen LogP contribution in [-0.2, 0) is 0 Å². The second-order valence-corrected chi connectivity index (χ2v) is 8.45. The largest absolute Gasteiger partial charge is 0.423 e. The summed E-state index contributed by atoms with van der Waals surface area (Å²) in [5.74, 6) is 0.0681. The van der Waals surface area contributed by atoms with Gasteiger partial charge in [-0.2, -0.15) is 5.10 Å². The first-order valence-electron chi connectivity index (χ1n) is 9.58. The average molecular weight is 482 g/mol. The maximum atomic E-state index is 12.2. The Labute approximate surface area is 199 Å². The topological polar surface area (TPSA) is 63.6 Å². The van der Waals surface area contributed by atoms with E-state index in [0.29, 0.717) is 26.5 Å². The zero-order valence-electron chi connectivity index (χ0n) is 16.9. The van der Waals surface area contributed by atoms with E-state index in [4.69, 9.17) is 27.9 Å². The number of esters is 1. The summed E-state index contributed by atoms with van der Waals surface area (Å²) in [6.45, 7) is 1.88. The summed E-state index contributed by atoms with van der Waals surface area (Å²) < 4.78 is 5.40. The van der Waals surface area contributed by atoms with Crippen molar-refractivity contribution in [2.45, 2.75) is 6.92 Å². The fourth-order valence-corrected chi connectivity index (χ4v) is 4.00. The number of hydrazone groups is 1. The van der Waals surface area contributed by atoms with Gasteiger partial charge in [0.1, 0.15) is 5.75 Å². The predicted octanol–water partition coefficient (Wildman–Crippen LogP) is 7.17. The molecule has 0 aliphatic carbocycles. The molecule has 0 atom stereocenters. The van der Waals surface area contributed by atoms with Crippen LogP contribution in [0.4, 0.5) is 5.13 Å². The molecule has 0 radical (unpaired) electrons. The van der Waals surface area contributed by atoms with Gasteiger partial charge >= 0.3 is 5.97 Å². The Hall–Kier alpha value is -3.19. The molecular formula is C24H17Cl2N3O2S. The maximum absolute atomic E-state index is 12.2. The van der Waals surface area contributed by atoms with Crippen LogP contribution in [0.1, 0.15) is 22.8 Å². The van der Waals surface area contributed by atoms with Crippen LogP contribution >= 0.6 is 34.5 Å². The number of nitrogens with zero attached hydrogens (tertiary/aromatic N) is 2. The van der Waals surface area contributed by atoms with E-state index in [0.717, 1.165) is 22.5 Å². The number of hydrogen-bond donors (Lipinski definition) is 1. The lowest BCUT2D eigenvalue weighted by Gasteiger charge is -2.06. The third-order valence-electron chi connectivity index (χ3n) is 4.52. The summed E-state index contributed by atoms with van der Waals surface area (Å²) >= 11 is 13.6. The monoisotopic (exact) mass is 481 g/mol. The number of aromatic nitrogens is 1. The zero-order valence-corrected chi connectivity index (χ0v) is 19.2. The third kappa shape index (κ3) is 5.34. The molecule has 0 bridgehead atoms. The van der Waals surface area contributed by atoms with Gasteiger partial charge in [-0.3, -0.25) is 5.43 Å². The highest BCUT2D eigenvalue weighted by atomic mass is 35.5. The van der Waals surface area contributed by atoms with Crippen molar-refractivity contribution in [3.05, 3.63) is 99.3 Å². The number of anilines is 1. The lowest BCUT2D eigenvalue weighted by molar-refractivity contribution is 0.0735. The highest BCUT2D eigenvalue weighted by Crippen LogP contribution is 2.32. The van der Waals surface area contributed by atoms with Crippen molar-refractivity contribution in [1.82, 2.24) is 4.98 Å². The smallest absolute Gasteiger partial charge is 0.343 e. The molecule has 5 nitrogen and oxygen atoms in total. The number of halogens is 2. The predicted molar refractivity (Wildman–Crippen MR) is 131 cm³/mol. The van der Waals surface area contributed by atoms with Gasteiger partial charge in [-0.15, -0.1) is 11.3 Å². The molecule has 1 N–H and O–H groups in total. The summed E-state index contributed by atoms with van der Waals surface area (Å²) in [5, 5.41) is 8.06. The first-order valence-corrected chi connectivity index (χ1v) is 11.2. The minimum atomic E-state index is -0.397. The molecule has 0 aliphatic heterocycles. The first kappa shape index (κ1) is 22.0. The van der Waals surface area contributed by atoms with Gasteiger partial charge in [0.15, 0.2) is 0 Å². The normalized spacial score (nSPS) is 11.3. The first-order chi connectivity index (χ1) is 15.5. The number of ether oxygens (including phenoxy) is 1. The molecule has 8 heteroatoms. The van der Waals surface area contributed by atoms with Gasteiger partial charge in [-0.05, 0) is 67.1 Å². The molecule has 4 rings (SSSR count). The summed E-state index contributed by atoms with van der Waals surface area (Å²) in [6.07, 6.45) is 0. The maximum Gasteiger partial charge on any atom is 0.343 e. The van der Waals surface area contributed by atoms with E-state index < -0.39 is 5.97 Å². The van der Waals surface area contributed by atoms with Crippen LogP contribution in [-0.4, -0.2) is 16.7 Å². The fraction of sp³-hybridized carbons (Fsp3) is 0.0417. The number of hydrogen-bond acceptors (Lipinski definition) is 6. The molecule has 0 saturated carbocycles. The molecule has 0 spiro atoms. The van der Waals surface area contributed by atoms with Crippen molar-refractivity contribution < 1.29 is 9.53 Å². The van der Waals surface area contributed by atoms with Gasteiger partial charge in [0, 0.05) is 16.0 Å². The average Bonchev–Trinajstić information content (AvgIpc) is 3.27. The van der Waals surface area contributed by atoms with Crippen LogP contribution in [0.15, 0.2) is 83.3 Å². The second kappa shape index (κ2) is 9.96. The van der Waals surface area contributed by atoms with Crippen LogP contribution in [0.2, 0.25) is 10.0 Å².